The summed E-state index contributed by atoms with van der Waals surface area (Å²) in [5, 5.41) is 4.19. The van der Waals surface area contributed by atoms with Crippen LogP contribution in [0.5, 0.6) is 0 Å². The summed E-state index contributed by atoms with van der Waals surface area (Å²) in [6.45, 7) is 0. The van der Waals surface area contributed by atoms with Crippen LogP contribution in [-0.4, -0.2) is 24.9 Å². The van der Waals surface area contributed by atoms with Gasteiger partial charge in [-0.05, 0) is 59.7 Å². The summed E-state index contributed by atoms with van der Waals surface area (Å²) in [6, 6.07) is 38.1. The Labute approximate surface area is 250 Å². The number of hydrogen-bond donors (Lipinski definition) is 0. The van der Waals surface area contributed by atoms with Crippen LogP contribution in [-0.2, 0) is 0 Å². The van der Waals surface area contributed by atoms with Gasteiger partial charge in [0.05, 0.1) is 0 Å². The average molecular weight is 568 g/mol. The Morgan fingerprint density at radius 2 is 1.00 bits per heavy atom. The second-order valence-electron chi connectivity index (χ2n) is 10.5. The number of rotatable bonds is 4. The fourth-order valence-corrected chi connectivity index (χ4v) is 5.83. The number of nitrogens with zero attached hydrogens (tertiary/aromatic N) is 5. The van der Waals surface area contributed by atoms with Crippen LogP contribution in [0.4, 0.5) is 0 Å². The smallest absolute Gasteiger partial charge is 0.182 e. The number of benzene rings is 4. The van der Waals surface area contributed by atoms with E-state index in [9.17, 15) is 0 Å². The van der Waals surface area contributed by atoms with Crippen molar-refractivity contribution in [2.75, 3.05) is 0 Å². The van der Waals surface area contributed by atoms with Crippen LogP contribution in [0.15, 0.2) is 136 Å². The fourth-order valence-electron chi connectivity index (χ4n) is 5.83. The molecule has 0 aliphatic rings. The third-order valence-electron chi connectivity index (χ3n) is 7.89. The molecule has 0 fully saturated rings. The van der Waals surface area contributed by atoms with E-state index in [1.165, 1.54) is 0 Å². The molecule has 0 unspecified atom stereocenters. The highest BCUT2D eigenvalue weighted by Crippen LogP contribution is 2.42. The maximum absolute atomic E-state index is 6.43. The Morgan fingerprint density at radius 1 is 0.409 bits per heavy atom. The summed E-state index contributed by atoms with van der Waals surface area (Å²) in [5.74, 6) is 1.53. The molecule has 0 aliphatic carbocycles. The lowest BCUT2D eigenvalue weighted by Crippen LogP contribution is -2.01. The summed E-state index contributed by atoms with van der Waals surface area (Å²) < 4.78 is 12.7. The molecule has 0 saturated carbocycles. The monoisotopic (exact) mass is 567 g/mol. The number of pyridine rings is 2. The second-order valence-corrected chi connectivity index (χ2v) is 10.5. The molecule has 5 heterocycles. The van der Waals surface area contributed by atoms with Gasteiger partial charge >= 0.3 is 0 Å². The number of aromatic nitrogens is 5. The molecule has 0 saturated heterocycles. The highest BCUT2D eigenvalue weighted by atomic mass is 16.4. The normalized spacial score (nSPS) is 11.6. The number of furan rings is 2. The molecule has 9 rings (SSSR count). The van der Waals surface area contributed by atoms with Gasteiger partial charge in [0.1, 0.15) is 22.6 Å². The molecule has 5 aromatic heterocycles. The van der Waals surface area contributed by atoms with Crippen molar-refractivity contribution in [3.8, 4) is 45.6 Å². The Balaban J connectivity index is 1.17. The summed E-state index contributed by atoms with van der Waals surface area (Å²) in [5.41, 5.74) is 7.50. The van der Waals surface area contributed by atoms with E-state index in [4.69, 9.17) is 23.8 Å². The van der Waals surface area contributed by atoms with E-state index < -0.39 is 0 Å². The zero-order valence-electron chi connectivity index (χ0n) is 23.2. The lowest BCUT2D eigenvalue weighted by Gasteiger charge is -2.09. The number of para-hydroxylation sites is 1. The molecular formula is C37H21N5O2. The first-order valence-corrected chi connectivity index (χ1v) is 14.3. The molecule has 0 N–H and O–H groups in total. The Morgan fingerprint density at radius 3 is 1.73 bits per heavy atom. The van der Waals surface area contributed by atoms with Gasteiger partial charge in [-0.1, -0.05) is 66.7 Å². The van der Waals surface area contributed by atoms with Crippen molar-refractivity contribution in [3.05, 3.63) is 128 Å². The Bertz CT molecular complexity index is 2430. The molecule has 44 heavy (non-hydrogen) atoms. The lowest BCUT2D eigenvalue weighted by atomic mass is 9.98. The van der Waals surface area contributed by atoms with Crippen LogP contribution in [0.3, 0.4) is 0 Å². The van der Waals surface area contributed by atoms with E-state index in [-0.39, 0.29) is 0 Å². The van der Waals surface area contributed by atoms with Crippen molar-refractivity contribution in [2.45, 2.75) is 0 Å². The van der Waals surface area contributed by atoms with Gasteiger partial charge in [0.15, 0.2) is 28.6 Å². The summed E-state index contributed by atoms with van der Waals surface area (Å²) >= 11 is 0. The van der Waals surface area contributed by atoms with Crippen LogP contribution in [0.2, 0.25) is 0 Å². The third-order valence-corrected chi connectivity index (χ3v) is 7.89. The third kappa shape index (κ3) is 3.87. The van der Waals surface area contributed by atoms with E-state index in [0.717, 1.165) is 60.6 Å². The van der Waals surface area contributed by atoms with E-state index in [1.54, 1.807) is 12.4 Å². The van der Waals surface area contributed by atoms with E-state index >= 15 is 0 Å². The van der Waals surface area contributed by atoms with Gasteiger partial charge in [-0.15, -0.1) is 0 Å². The molecule has 0 spiro atoms. The zero-order chi connectivity index (χ0) is 29.0. The van der Waals surface area contributed by atoms with Gasteiger partial charge in [0.25, 0.3) is 0 Å². The van der Waals surface area contributed by atoms with Crippen molar-refractivity contribution in [3.63, 3.8) is 0 Å². The van der Waals surface area contributed by atoms with Gasteiger partial charge in [-0.3, -0.25) is 9.97 Å². The SMILES string of the molecule is c1ccc(-c2nc(-c3ccc(-c4cccc5oc6c(ccc7c8ccccc8oc76)c45)cc3)nc(-c3ccccn3)n2)nc1. The van der Waals surface area contributed by atoms with Gasteiger partial charge in [0, 0.05) is 39.5 Å². The molecular weight excluding hydrogens is 546 g/mol. The predicted molar refractivity (Wildman–Crippen MR) is 172 cm³/mol. The highest BCUT2D eigenvalue weighted by molar-refractivity contribution is 6.21. The summed E-state index contributed by atoms with van der Waals surface area (Å²) in [6.07, 6.45) is 3.46. The van der Waals surface area contributed by atoms with Gasteiger partial charge in [-0.25, -0.2) is 15.0 Å². The number of fused-ring (bicyclic) bond motifs is 7. The van der Waals surface area contributed by atoms with Gasteiger partial charge in [0.2, 0.25) is 0 Å². The van der Waals surface area contributed by atoms with Crippen molar-refractivity contribution in [2.24, 2.45) is 0 Å². The predicted octanol–water partition coefficient (Wildman–Crippen LogP) is 9.13. The standard InChI is InChI=1S/C37H21N5O2/c1-2-12-30-25(8-1)26-18-19-27-32-24(9-7-13-31(32)44-34(27)33(26)43-30)22-14-16-23(17-15-22)35-40-36(28-10-3-5-20-38-28)42-37(41-35)29-11-4-6-21-39-29/h1-21H. The molecule has 7 nitrogen and oxygen atoms in total. The average Bonchev–Trinajstić information content (AvgIpc) is 3.68. The highest BCUT2D eigenvalue weighted by Gasteiger charge is 2.19. The van der Waals surface area contributed by atoms with E-state index in [1.807, 2.05) is 78.9 Å². The summed E-state index contributed by atoms with van der Waals surface area (Å²) in [4.78, 5) is 23.2. The molecule has 206 valence electrons. The minimum Gasteiger partial charge on any atom is -0.452 e. The van der Waals surface area contributed by atoms with Crippen LogP contribution >= 0.6 is 0 Å². The van der Waals surface area contributed by atoms with E-state index in [2.05, 4.69) is 46.4 Å². The minimum absolute atomic E-state index is 0.492. The van der Waals surface area contributed by atoms with Gasteiger partial charge in [-0.2, -0.15) is 0 Å². The lowest BCUT2D eigenvalue weighted by molar-refractivity contribution is 0.633. The topological polar surface area (TPSA) is 90.7 Å². The minimum atomic E-state index is 0.492. The first-order valence-electron chi connectivity index (χ1n) is 14.3. The van der Waals surface area contributed by atoms with Crippen LogP contribution in [0, 0.1) is 0 Å². The Kier molecular flexibility index (Phi) is 5.36. The maximum Gasteiger partial charge on any atom is 0.182 e. The zero-order valence-corrected chi connectivity index (χ0v) is 23.2. The van der Waals surface area contributed by atoms with Crippen molar-refractivity contribution < 1.29 is 8.83 Å². The van der Waals surface area contributed by atoms with Crippen LogP contribution in [0.25, 0.3) is 89.4 Å². The van der Waals surface area contributed by atoms with Crippen LogP contribution < -0.4 is 0 Å². The van der Waals surface area contributed by atoms with Gasteiger partial charge < -0.3 is 8.83 Å². The van der Waals surface area contributed by atoms with Crippen molar-refractivity contribution in [1.82, 2.24) is 24.9 Å². The molecule has 0 bridgehead atoms. The van der Waals surface area contributed by atoms with Crippen molar-refractivity contribution in [1.29, 1.82) is 0 Å². The quantitative estimate of drug-likeness (QED) is 0.209. The fraction of sp³-hybridized carbons (Fsp3) is 0. The largest absolute Gasteiger partial charge is 0.452 e. The van der Waals surface area contributed by atoms with Crippen molar-refractivity contribution >= 4 is 43.9 Å². The van der Waals surface area contributed by atoms with Crippen LogP contribution in [0.1, 0.15) is 0 Å². The molecule has 0 amide bonds. The molecule has 0 radical (unpaired) electrons. The second kappa shape index (κ2) is 9.68. The molecule has 4 aromatic carbocycles. The molecule has 0 atom stereocenters. The first-order chi connectivity index (χ1) is 21.8. The molecule has 9 aromatic rings. The maximum atomic E-state index is 6.43. The summed E-state index contributed by atoms with van der Waals surface area (Å²) in [7, 11) is 0. The number of hydrogen-bond acceptors (Lipinski definition) is 7. The Hall–Kier alpha value is -6.21. The first kappa shape index (κ1) is 24.4. The molecule has 7 heteroatoms. The molecule has 0 aliphatic heterocycles. The van der Waals surface area contributed by atoms with E-state index in [0.29, 0.717) is 28.9 Å².